The fourth-order valence-electron chi connectivity index (χ4n) is 6.12. The molecule has 1 aromatic heterocycles. The Morgan fingerprint density at radius 2 is 1.64 bits per heavy atom. The van der Waals surface area contributed by atoms with E-state index < -0.39 is 32.3 Å². The van der Waals surface area contributed by atoms with Crippen molar-refractivity contribution < 1.29 is 32.2 Å². The molecule has 9 heteroatoms. The minimum absolute atomic E-state index is 0.00585. The van der Waals surface area contributed by atoms with Gasteiger partial charge in [-0.05, 0) is 85.3 Å². The Balaban J connectivity index is 2.00. The first-order valence-electron chi connectivity index (χ1n) is 15.1. The Bertz CT molecular complexity index is 1250. The summed E-state index contributed by atoms with van der Waals surface area (Å²) in [5.41, 5.74) is 3.91. The van der Waals surface area contributed by atoms with Gasteiger partial charge in [0.1, 0.15) is 6.10 Å². The largest absolute Gasteiger partial charge is 0.416 e. The molecule has 2 aliphatic rings. The molecular formula is C33H48F3NO4Si. The molecule has 1 unspecified atom stereocenters. The van der Waals surface area contributed by atoms with Gasteiger partial charge in [0, 0.05) is 37.1 Å². The fourth-order valence-corrected chi connectivity index (χ4v) is 7.38. The summed E-state index contributed by atoms with van der Waals surface area (Å²) >= 11 is 0. The summed E-state index contributed by atoms with van der Waals surface area (Å²) < 4.78 is 58.8. The molecule has 234 valence electrons. The average molecular weight is 608 g/mol. The summed E-state index contributed by atoms with van der Waals surface area (Å²) in [5, 5.41) is 12.0. The van der Waals surface area contributed by atoms with Crippen molar-refractivity contribution in [3.05, 3.63) is 63.5 Å². The van der Waals surface area contributed by atoms with Crippen molar-refractivity contribution in [2.45, 2.75) is 116 Å². The quantitative estimate of drug-likeness (QED) is 0.319. The zero-order valence-electron chi connectivity index (χ0n) is 26.6. The standard InChI is InChI=1S/C33H48F3NO4Si/c1-20(39-7)29-28(30(38)22-10-12-23(13-11-22)33(34,35)36)26(21-14-16-40-17-15-21)27-24(37-29)18-32(5,6)19-25(27)41-42(8,9)31(2,3)4/h10-13,20-21,25,30,38H,14-19H2,1-9H3/t20?,25-,30+/m0/s1. The number of alkyl halides is 3. The third-order valence-electron chi connectivity index (χ3n) is 9.57. The van der Waals surface area contributed by atoms with Gasteiger partial charge in [0.05, 0.1) is 23.5 Å². The van der Waals surface area contributed by atoms with E-state index >= 15 is 0 Å². The zero-order valence-corrected chi connectivity index (χ0v) is 27.6. The molecule has 2 heterocycles. The van der Waals surface area contributed by atoms with Gasteiger partial charge in [-0.2, -0.15) is 13.2 Å². The molecule has 0 spiro atoms. The molecule has 4 rings (SSSR count). The number of aliphatic hydroxyl groups is 1. The Morgan fingerprint density at radius 3 is 2.17 bits per heavy atom. The number of aromatic nitrogens is 1. The Hall–Kier alpha value is -1.78. The molecule has 0 bridgehead atoms. The van der Waals surface area contributed by atoms with E-state index in [9.17, 15) is 18.3 Å². The molecule has 1 N–H and O–H groups in total. The predicted octanol–water partition coefficient (Wildman–Crippen LogP) is 8.82. The lowest BCUT2D eigenvalue weighted by atomic mass is 9.70. The zero-order chi connectivity index (χ0) is 31.3. The van der Waals surface area contributed by atoms with E-state index in [0.717, 1.165) is 54.6 Å². The van der Waals surface area contributed by atoms with E-state index in [1.54, 1.807) is 7.11 Å². The minimum Gasteiger partial charge on any atom is -0.410 e. The SMILES string of the molecule is COC(C)c1nc2c(c(C3CCOCC3)c1[C@H](O)c1ccc(C(F)(F)F)cc1)[C@@H](O[Si](C)(C)C(C)(C)C)CC(C)(C)C2. The van der Waals surface area contributed by atoms with Gasteiger partial charge in [-0.25, -0.2) is 0 Å². The molecule has 1 aromatic carbocycles. The molecule has 42 heavy (non-hydrogen) atoms. The first-order valence-corrected chi connectivity index (χ1v) is 18.0. The average Bonchev–Trinajstić information content (AvgIpc) is 2.89. The van der Waals surface area contributed by atoms with Crippen molar-refractivity contribution in [3.8, 4) is 0 Å². The van der Waals surface area contributed by atoms with Crippen LogP contribution >= 0.6 is 0 Å². The third kappa shape index (κ3) is 6.80. The maximum Gasteiger partial charge on any atom is 0.416 e. The summed E-state index contributed by atoms with van der Waals surface area (Å²) in [6, 6.07) is 4.80. The van der Waals surface area contributed by atoms with Crippen LogP contribution in [0.4, 0.5) is 13.2 Å². The van der Waals surface area contributed by atoms with E-state index in [1.807, 2.05) is 6.92 Å². The number of hydrogen-bond acceptors (Lipinski definition) is 5. The van der Waals surface area contributed by atoms with Gasteiger partial charge in [0.15, 0.2) is 8.32 Å². The lowest BCUT2D eigenvalue weighted by molar-refractivity contribution is -0.137. The summed E-state index contributed by atoms with van der Waals surface area (Å²) in [7, 11) is -0.604. The number of pyridine rings is 1. The predicted molar refractivity (Wildman–Crippen MR) is 161 cm³/mol. The molecule has 0 saturated carbocycles. The Morgan fingerprint density at radius 1 is 1.05 bits per heavy atom. The molecular weight excluding hydrogens is 559 g/mol. The van der Waals surface area contributed by atoms with Crippen LogP contribution in [0, 0.1) is 5.41 Å². The number of benzene rings is 1. The van der Waals surface area contributed by atoms with E-state index in [0.29, 0.717) is 30.0 Å². The molecule has 1 fully saturated rings. The third-order valence-corrected chi connectivity index (χ3v) is 14.1. The first kappa shape index (κ1) is 33.1. The number of nitrogens with zero attached hydrogens (tertiary/aromatic N) is 1. The lowest BCUT2D eigenvalue weighted by Gasteiger charge is -2.46. The highest BCUT2D eigenvalue weighted by atomic mass is 28.4. The highest BCUT2D eigenvalue weighted by Gasteiger charge is 2.46. The maximum atomic E-state index is 13.4. The number of methoxy groups -OCH3 is 1. The number of aliphatic hydroxyl groups excluding tert-OH is 1. The highest BCUT2D eigenvalue weighted by Crippen LogP contribution is 2.52. The number of ether oxygens (including phenoxy) is 2. The monoisotopic (exact) mass is 607 g/mol. The second-order valence-corrected chi connectivity index (χ2v) is 19.1. The van der Waals surface area contributed by atoms with Gasteiger partial charge < -0.3 is 19.0 Å². The second kappa shape index (κ2) is 12.0. The van der Waals surface area contributed by atoms with Crippen molar-refractivity contribution in [3.63, 3.8) is 0 Å². The van der Waals surface area contributed by atoms with Gasteiger partial charge in [-0.3, -0.25) is 4.98 Å². The van der Waals surface area contributed by atoms with Crippen LogP contribution in [0.2, 0.25) is 18.1 Å². The van der Waals surface area contributed by atoms with Gasteiger partial charge in [0.2, 0.25) is 0 Å². The molecule has 0 radical (unpaired) electrons. The smallest absolute Gasteiger partial charge is 0.410 e. The minimum atomic E-state index is -4.46. The Labute approximate surface area is 250 Å². The number of fused-ring (bicyclic) bond motifs is 1. The molecule has 0 amide bonds. The van der Waals surface area contributed by atoms with Gasteiger partial charge >= 0.3 is 6.18 Å². The van der Waals surface area contributed by atoms with E-state index in [4.69, 9.17) is 18.9 Å². The summed E-state index contributed by atoms with van der Waals surface area (Å²) in [6.07, 6.45) is -3.14. The van der Waals surface area contributed by atoms with Crippen LogP contribution in [-0.4, -0.2) is 38.7 Å². The van der Waals surface area contributed by atoms with Crippen LogP contribution in [0.3, 0.4) is 0 Å². The second-order valence-electron chi connectivity index (χ2n) is 14.4. The number of halogens is 3. The van der Waals surface area contributed by atoms with Crippen LogP contribution in [0.15, 0.2) is 24.3 Å². The van der Waals surface area contributed by atoms with Crippen LogP contribution in [0.25, 0.3) is 0 Å². The van der Waals surface area contributed by atoms with Crippen LogP contribution < -0.4 is 0 Å². The molecule has 1 saturated heterocycles. The van der Waals surface area contributed by atoms with Crippen LogP contribution in [-0.2, 0) is 26.5 Å². The van der Waals surface area contributed by atoms with Gasteiger partial charge in [-0.1, -0.05) is 46.8 Å². The lowest BCUT2D eigenvalue weighted by Crippen LogP contribution is -2.44. The van der Waals surface area contributed by atoms with E-state index in [1.165, 1.54) is 12.1 Å². The maximum absolute atomic E-state index is 13.4. The normalized spacial score (nSPS) is 21.6. The first-order chi connectivity index (χ1) is 19.4. The summed E-state index contributed by atoms with van der Waals surface area (Å²) in [6.45, 7) is 18.8. The fraction of sp³-hybridized carbons (Fsp3) is 0.667. The number of rotatable bonds is 7. The molecule has 3 atom stereocenters. The summed E-state index contributed by atoms with van der Waals surface area (Å²) in [5.74, 6) is 0.0872. The molecule has 2 aromatic rings. The van der Waals surface area contributed by atoms with E-state index in [-0.39, 0.29) is 22.5 Å². The topological polar surface area (TPSA) is 60.8 Å². The van der Waals surface area contributed by atoms with Crippen molar-refractivity contribution in [2.75, 3.05) is 20.3 Å². The van der Waals surface area contributed by atoms with Gasteiger partial charge in [0.25, 0.3) is 0 Å². The van der Waals surface area contributed by atoms with Crippen LogP contribution in [0.1, 0.15) is 124 Å². The molecule has 1 aliphatic heterocycles. The van der Waals surface area contributed by atoms with Crippen LogP contribution in [0.5, 0.6) is 0 Å². The molecule has 5 nitrogen and oxygen atoms in total. The number of hydrogen-bond donors (Lipinski definition) is 1. The van der Waals surface area contributed by atoms with Crippen molar-refractivity contribution in [1.29, 1.82) is 0 Å². The van der Waals surface area contributed by atoms with E-state index in [2.05, 4.69) is 47.7 Å². The van der Waals surface area contributed by atoms with Crippen molar-refractivity contribution in [1.82, 2.24) is 4.98 Å². The summed E-state index contributed by atoms with van der Waals surface area (Å²) in [4.78, 5) is 5.22. The molecule has 1 aliphatic carbocycles. The van der Waals surface area contributed by atoms with Gasteiger partial charge in [-0.15, -0.1) is 0 Å². The van der Waals surface area contributed by atoms with Crippen molar-refractivity contribution in [2.24, 2.45) is 5.41 Å². The van der Waals surface area contributed by atoms with Crippen molar-refractivity contribution >= 4 is 8.32 Å². The Kier molecular flexibility index (Phi) is 9.43. The highest BCUT2D eigenvalue weighted by molar-refractivity contribution is 6.74.